The van der Waals surface area contributed by atoms with Gasteiger partial charge in [0.05, 0.1) is 39.1 Å². The smallest absolute Gasteiger partial charge is 0.458 e. The van der Waals surface area contributed by atoms with E-state index in [1.54, 1.807) is 21.3 Å². The first-order chi connectivity index (χ1) is 12.7. The zero-order valence-electron chi connectivity index (χ0n) is 17.4. The van der Waals surface area contributed by atoms with E-state index in [1.165, 1.54) is 0 Å². The summed E-state index contributed by atoms with van der Waals surface area (Å²) in [6.07, 6.45) is 3.41. The standard InChI is InChI=1S/C20H31BO6/c1-19(2)20(3,4)27-21(26-19)10-8-9-14(13-22)15-11-16(23-5)18(25-7)17(12-15)24-6/h9,11-12,22H,8,10,13H2,1-7H3/b14-9-. The van der Waals surface area contributed by atoms with Crippen LogP contribution in [0.3, 0.4) is 0 Å². The number of hydrogen-bond donors (Lipinski definition) is 1. The summed E-state index contributed by atoms with van der Waals surface area (Å²) in [5, 5.41) is 9.85. The van der Waals surface area contributed by atoms with E-state index in [-0.39, 0.29) is 24.9 Å². The largest absolute Gasteiger partial charge is 0.493 e. The van der Waals surface area contributed by atoms with Gasteiger partial charge in [-0.1, -0.05) is 6.08 Å². The zero-order chi connectivity index (χ0) is 20.2. The fourth-order valence-corrected chi connectivity index (χ4v) is 3.02. The van der Waals surface area contributed by atoms with Gasteiger partial charge in [-0.2, -0.15) is 0 Å². The molecule has 6 nitrogen and oxygen atoms in total. The van der Waals surface area contributed by atoms with E-state index >= 15 is 0 Å². The van der Waals surface area contributed by atoms with Crippen LogP contribution in [0.1, 0.15) is 39.7 Å². The fraction of sp³-hybridized carbons (Fsp3) is 0.600. The summed E-state index contributed by atoms with van der Waals surface area (Å²) in [5.41, 5.74) is 0.933. The number of hydrogen-bond acceptors (Lipinski definition) is 6. The Morgan fingerprint density at radius 1 is 1.00 bits per heavy atom. The van der Waals surface area contributed by atoms with Gasteiger partial charge in [0.2, 0.25) is 5.75 Å². The van der Waals surface area contributed by atoms with Crippen LogP contribution in [0.25, 0.3) is 5.57 Å². The molecular formula is C20H31BO6. The number of allylic oxidation sites excluding steroid dienone is 1. The highest BCUT2D eigenvalue weighted by Gasteiger charge is 2.50. The molecule has 0 spiro atoms. The van der Waals surface area contributed by atoms with Crippen molar-refractivity contribution in [2.45, 2.75) is 51.6 Å². The lowest BCUT2D eigenvalue weighted by molar-refractivity contribution is 0.00578. The van der Waals surface area contributed by atoms with E-state index in [0.717, 1.165) is 11.1 Å². The summed E-state index contributed by atoms with van der Waals surface area (Å²) in [6.45, 7) is 8.06. The number of aliphatic hydroxyl groups is 1. The molecule has 0 saturated carbocycles. The van der Waals surface area contributed by atoms with Gasteiger partial charge >= 0.3 is 7.12 Å². The predicted octanol–water partition coefficient (Wildman–Crippen LogP) is 3.57. The Hall–Kier alpha value is -1.70. The van der Waals surface area contributed by atoms with Crippen LogP contribution in [-0.4, -0.2) is 51.4 Å². The van der Waals surface area contributed by atoms with Gasteiger partial charge in [0, 0.05) is 0 Å². The predicted molar refractivity (Wildman–Crippen MR) is 107 cm³/mol. The van der Waals surface area contributed by atoms with Crippen LogP contribution >= 0.6 is 0 Å². The molecule has 1 N–H and O–H groups in total. The van der Waals surface area contributed by atoms with Gasteiger partial charge in [0.25, 0.3) is 0 Å². The van der Waals surface area contributed by atoms with Gasteiger partial charge in [0.15, 0.2) is 11.5 Å². The van der Waals surface area contributed by atoms with Crippen molar-refractivity contribution in [3.63, 3.8) is 0 Å². The number of ether oxygens (including phenoxy) is 3. The molecule has 0 aliphatic carbocycles. The van der Waals surface area contributed by atoms with E-state index in [0.29, 0.717) is 30.0 Å². The van der Waals surface area contributed by atoms with Crippen LogP contribution in [0.5, 0.6) is 17.2 Å². The minimum absolute atomic E-state index is 0.0952. The van der Waals surface area contributed by atoms with Gasteiger partial charge in [-0.05, 0) is 63.7 Å². The average Bonchev–Trinajstić information content (AvgIpc) is 2.84. The Kier molecular flexibility index (Phi) is 6.84. The van der Waals surface area contributed by atoms with Crippen LogP contribution < -0.4 is 14.2 Å². The molecule has 1 aliphatic rings. The molecular weight excluding hydrogens is 347 g/mol. The summed E-state index contributed by atoms with van der Waals surface area (Å²) in [6, 6.07) is 3.66. The third-order valence-electron chi connectivity index (χ3n) is 5.30. The highest BCUT2D eigenvalue weighted by atomic mass is 16.7. The van der Waals surface area contributed by atoms with Crippen LogP contribution in [0.4, 0.5) is 0 Å². The lowest BCUT2D eigenvalue weighted by atomic mass is 9.82. The molecule has 0 aromatic heterocycles. The van der Waals surface area contributed by atoms with Gasteiger partial charge in [-0.3, -0.25) is 0 Å². The summed E-state index contributed by atoms with van der Waals surface area (Å²) < 4.78 is 28.2. The van der Waals surface area contributed by atoms with Gasteiger partial charge < -0.3 is 28.6 Å². The van der Waals surface area contributed by atoms with Crippen molar-refractivity contribution < 1.29 is 28.6 Å². The first-order valence-corrected chi connectivity index (χ1v) is 9.15. The summed E-state index contributed by atoms with van der Waals surface area (Å²) >= 11 is 0. The van der Waals surface area contributed by atoms with Crippen molar-refractivity contribution in [3.8, 4) is 17.2 Å². The molecule has 1 saturated heterocycles. The molecule has 1 aromatic rings. The van der Waals surface area contributed by atoms with E-state index in [9.17, 15) is 5.11 Å². The Balaban J connectivity index is 2.15. The summed E-state index contributed by atoms with van der Waals surface area (Å²) in [7, 11) is 4.45. The lowest BCUT2D eigenvalue weighted by Gasteiger charge is -2.32. The number of aliphatic hydroxyl groups excluding tert-OH is 1. The Morgan fingerprint density at radius 2 is 1.52 bits per heavy atom. The average molecular weight is 378 g/mol. The Labute approximate surface area is 162 Å². The van der Waals surface area contributed by atoms with Gasteiger partial charge in [0.1, 0.15) is 0 Å². The van der Waals surface area contributed by atoms with Gasteiger partial charge in [-0.25, -0.2) is 0 Å². The molecule has 2 rings (SSSR count). The Bertz CT molecular complexity index is 642. The normalized spacial score (nSPS) is 18.5. The molecule has 1 fully saturated rings. The topological polar surface area (TPSA) is 66.4 Å². The maximum atomic E-state index is 9.85. The maximum Gasteiger partial charge on any atom is 0.458 e. The van der Waals surface area contributed by atoms with Crippen molar-refractivity contribution in [1.29, 1.82) is 0 Å². The summed E-state index contributed by atoms with van der Waals surface area (Å²) in [5.74, 6) is 1.63. The second-order valence-electron chi connectivity index (χ2n) is 7.56. The van der Waals surface area contributed by atoms with Gasteiger partial charge in [-0.15, -0.1) is 0 Å². The van der Waals surface area contributed by atoms with E-state index in [2.05, 4.69) is 0 Å². The molecule has 150 valence electrons. The first kappa shape index (κ1) is 21.6. The highest BCUT2D eigenvalue weighted by Crippen LogP contribution is 2.40. The molecule has 7 heteroatoms. The molecule has 1 aliphatic heterocycles. The number of benzene rings is 1. The minimum atomic E-state index is -0.335. The number of rotatable bonds is 8. The minimum Gasteiger partial charge on any atom is -0.493 e. The van der Waals surface area contributed by atoms with Crippen LogP contribution in [0.2, 0.25) is 6.32 Å². The fourth-order valence-electron chi connectivity index (χ4n) is 3.02. The number of methoxy groups -OCH3 is 3. The zero-order valence-corrected chi connectivity index (χ0v) is 17.4. The quantitative estimate of drug-likeness (QED) is 0.698. The molecule has 1 heterocycles. The van der Waals surface area contributed by atoms with Crippen molar-refractivity contribution in [3.05, 3.63) is 23.8 Å². The van der Waals surface area contributed by atoms with E-state index in [1.807, 2.05) is 45.9 Å². The molecule has 0 atom stereocenters. The van der Waals surface area contributed by atoms with Crippen LogP contribution in [0.15, 0.2) is 18.2 Å². The molecule has 0 unspecified atom stereocenters. The SMILES string of the molecule is COc1cc(/C(=C\CCB2OC(C)(C)C(C)(C)O2)CO)cc(OC)c1OC. The monoisotopic (exact) mass is 378 g/mol. The van der Waals surface area contributed by atoms with E-state index < -0.39 is 0 Å². The first-order valence-electron chi connectivity index (χ1n) is 9.15. The van der Waals surface area contributed by atoms with Crippen molar-refractivity contribution in [1.82, 2.24) is 0 Å². The Morgan fingerprint density at radius 3 is 1.93 bits per heavy atom. The van der Waals surface area contributed by atoms with Crippen molar-refractivity contribution in [2.24, 2.45) is 0 Å². The second-order valence-corrected chi connectivity index (χ2v) is 7.56. The highest BCUT2D eigenvalue weighted by molar-refractivity contribution is 6.45. The van der Waals surface area contributed by atoms with Crippen molar-refractivity contribution in [2.75, 3.05) is 27.9 Å². The molecule has 0 amide bonds. The van der Waals surface area contributed by atoms with E-state index in [4.69, 9.17) is 23.5 Å². The molecule has 0 radical (unpaired) electrons. The maximum absolute atomic E-state index is 9.85. The lowest BCUT2D eigenvalue weighted by Crippen LogP contribution is -2.41. The third kappa shape index (κ3) is 4.59. The summed E-state index contributed by atoms with van der Waals surface area (Å²) in [4.78, 5) is 0. The molecule has 0 bridgehead atoms. The van der Waals surface area contributed by atoms with Crippen LogP contribution in [-0.2, 0) is 9.31 Å². The van der Waals surface area contributed by atoms with Crippen LogP contribution in [0, 0.1) is 0 Å². The second kappa shape index (κ2) is 8.54. The molecule has 1 aromatic carbocycles. The van der Waals surface area contributed by atoms with Crippen molar-refractivity contribution >= 4 is 12.7 Å². The molecule has 27 heavy (non-hydrogen) atoms. The third-order valence-corrected chi connectivity index (χ3v) is 5.30.